The zero-order chi connectivity index (χ0) is 13.1. The standard InChI is InChI=1S/C15H16N4/c1-13-9-17-19(10-13)12-15-5-3-14(4-6-15)11-18-8-2-7-16-18/h2-10H,11-12H2,1H3. The van der Waals surface area contributed by atoms with Crippen molar-refractivity contribution in [3.05, 3.63) is 71.8 Å². The highest BCUT2D eigenvalue weighted by Crippen LogP contribution is 2.08. The maximum Gasteiger partial charge on any atom is 0.0659 e. The summed E-state index contributed by atoms with van der Waals surface area (Å²) in [5, 5.41) is 8.50. The Morgan fingerprint density at radius 2 is 1.63 bits per heavy atom. The van der Waals surface area contributed by atoms with E-state index in [0.29, 0.717) is 0 Å². The molecular weight excluding hydrogens is 236 g/mol. The minimum Gasteiger partial charge on any atom is -0.268 e. The van der Waals surface area contributed by atoms with Gasteiger partial charge in [0.05, 0.1) is 19.3 Å². The summed E-state index contributed by atoms with van der Waals surface area (Å²) in [5.74, 6) is 0. The van der Waals surface area contributed by atoms with Crippen LogP contribution in [0.15, 0.2) is 55.1 Å². The Labute approximate surface area is 112 Å². The van der Waals surface area contributed by atoms with Gasteiger partial charge in [-0.25, -0.2) is 0 Å². The van der Waals surface area contributed by atoms with E-state index in [1.165, 1.54) is 16.7 Å². The molecule has 4 nitrogen and oxygen atoms in total. The summed E-state index contributed by atoms with van der Waals surface area (Å²) in [7, 11) is 0. The van der Waals surface area contributed by atoms with Crippen molar-refractivity contribution in [2.24, 2.45) is 0 Å². The zero-order valence-electron chi connectivity index (χ0n) is 10.9. The van der Waals surface area contributed by atoms with Crippen LogP contribution < -0.4 is 0 Å². The van der Waals surface area contributed by atoms with Gasteiger partial charge >= 0.3 is 0 Å². The first kappa shape index (κ1) is 11.7. The molecule has 0 atom stereocenters. The molecule has 3 rings (SSSR count). The van der Waals surface area contributed by atoms with Crippen molar-refractivity contribution in [3.63, 3.8) is 0 Å². The van der Waals surface area contributed by atoms with Gasteiger partial charge in [-0.15, -0.1) is 0 Å². The third-order valence-corrected chi connectivity index (χ3v) is 3.03. The molecule has 3 aromatic rings. The van der Waals surface area contributed by atoms with Crippen LogP contribution in [0.2, 0.25) is 0 Å². The van der Waals surface area contributed by atoms with Crippen LogP contribution in [0, 0.1) is 6.92 Å². The van der Waals surface area contributed by atoms with E-state index in [-0.39, 0.29) is 0 Å². The van der Waals surface area contributed by atoms with Crippen molar-refractivity contribution in [1.82, 2.24) is 19.6 Å². The Bertz CT molecular complexity index is 635. The third-order valence-electron chi connectivity index (χ3n) is 3.03. The first-order valence-corrected chi connectivity index (χ1v) is 6.34. The van der Waals surface area contributed by atoms with E-state index in [0.717, 1.165) is 13.1 Å². The Kier molecular flexibility index (Phi) is 3.14. The van der Waals surface area contributed by atoms with Crippen LogP contribution in [-0.2, 0) is 13.1 Å². The van der Waals surface area contributed by atoms with Crippen LogP contribution in [0.5, 0.6) is 0 Å². The zero-order valence-corrected chi connectivity index (χ0v) is 10.9. The minimum absolute atomic E-state index is 0.814. The first-order valence-electron chi connectivity index (χ1n) is 6.34. The van der Waals surface area contributed by atoms with Crippen molar-refractivity contribution in [1.29, 1.82) is 0 Å². The molecular formula is C15H16N4. The maximum atomic E-state index is 4.30. The van der Waals surface area contributed by atoms with Gasteiger partial charge in [0, 0.05) is 18.6 Å². The second kappa shape index (κ2) is 5.10. The number of rotatable bonds is 4. The molecule has 0 saturated carbocycles. The van der Waals surface area contributed by atoms with E-state index < -0.39 is 0 Å². The molecule has 19 heavy (non-hydrogen) atoms. The number of aromatic nitrogens is 4. The monoisotopic (exact) mass is 252 g/mol. The number of aryl methyl sites for hydroxylation is 1. The predicted molar refractivity (Wildman–Crippen MR) is 73.8 cm³/mol. The molecule has 96 valence electrons. The quantitative estimate of drug-likeness (QED) is 0.715. The van der Waals surface area contributed by atoms with Gasteiger partial charge < -0.3 is 0 Å². The number of hydrogen-bond acceptors (Lipinski definition) is 2. The highest BCUT2D eigenvalue weighted by Gasteiger charge is 1.99. The van der Waals surface area contributed by atoms with Gasteiger partial charge in [-0.3, -0.25) is 9.36 Å². The van der Waals surface area contributed by atoms with Gasteiger partial charge in [-0.05, 0) is 29.7 Å². The lowest BCUT2D eigenvalue weighted by molar-refractivity contribution is 0.679. The summed E-state index contributed by atoms with van der Waals surface area (Å²) >= 11 is 0. The van der Waals surface area contributed by atoms with Crippen LogP contribution in [0.3, 0.4) is 0 Å². The van der Waals surface area contributed by atoms with E-state index in [4.69, 9.17) is 0 Å². The number of benzene rings is 1. The Balaban J connectivity index is 1.68. The van der Waals surface area contributed by atoms with Crippen molar-refractivity contribution in [3.8, 4) is 0 Å². The van der Waals surface area contributed by atoms with Gasteiger partial charge in [0.15, 0.2) is 0 Å². The van der Waals surface area contributed by atoms with E-state index in [9.17, 15) is 0 Å². The molecule has 0 N–H and O–H groups in total. The number of nitrogens with zero attached hydrogens (tertiary/aromatic N) is 4. The highest BCUT2D eigenvalue weighted by atomic mass is 15.3. The van der Waals surface area contributed by atoms with Crippen LogP contribution in [-0.4, -0.2) is 19.6 Å². The highest BCUT2D eigenvalue weighted by molar-refractivity contribution is 5.23. The van der Waals surface area contributed by atoms with Crippen LogP contribution >= 0.6 is 0 Å². The molecule has 0 fully saturated rings. The lowest BCUT2D eigenvalue weighted by Crippen LogP contribution is -2.02. The summed E-state index contributed by atoms with van der Waals surface area (Å²) in [6.07, 6.45) is 7.71. The summed E-state index contributed by atoms with van der Waals surface area (Å²) in [4.78, 5) is 0. The average molecular weight is 252 g/mol. The summed E-state index contributed by atoms with van der Waals surface area (Å²) in [5.41, 5.74) is 3.70. The molecule has 0 aliphatic heterocycles. The van der Waals surface area contributed by atoms with E-state index in [2.05, 4.69) is 47.6 Å². The van der Waals surface area contributed by atoms with E-state index in [1.54, 1.807) is 6.20 Å². The van der Waals surface area contributed by atoms with E-state index in [1.807, 2.05) is 27.8 Å². The second-order valence-corrected chi connectivity index (χ2v) is 4.74. The van der Waals surface area contributed by atoms with Crippen molar-refractivity contribution < 1.29 is 0 Å². The lowest BCUT2D eigenvalue weighted by Gasteiger charge is -2.05. The van der Waals surface area contributed by atoms with Gasteiger partial charge in [0.2, 0.25) is 0 Å². The molecule has 2 heterocycles. The molecule has 0 aliphatic rings. The smallest absolute Gasteiger partial charge is 0.0659 e. The topological polar surface area (TPSA) is 35.6 Å². The van der Waals surface area contributed by atoms with Crippen LogP contribution in [0.4, 0.5) is 0 Å². The predicted octanol–water partition coefficient (Wildman–Crippen LogP) is 2.48. The maximum absolute atomic E-state index is 4.30. The summed E-state index contributed by atoms with van der Waals surface area (Å²) < 4.78 is 3.88. The van der Waals surface area contributed by atoms with Gasteiger partial charge in [-0.1, -0.05) is 24.3 Å². The fraction of sp³-hybridized carbons (Fsp3) is 0.200. The SMILES string of the molecule is Cc1cnn(Cc2ccc(Cn3cccn3)cc2)c1. The molecule has 0 amide bonds. The molecule has 0 radical (unpaired) electrons. The van der Waals surface area contributed by atoms with Gasteiger partial charge in [0.25, 0.3) is 0 Å². The molecule has 1 aromatic carbocycles. The van der Waals surface area contributed by atoms with Crippen LogP contribution in [0.1, 0.15) is 16.7 Å². The minimum atomic E-state index is 0.814. The molecule has 0 bridgehead atoms. The largest absolute Gasteiger partial charge is 0.268 e. The van der Waals surface area contributed by atoms with Crippen molar-refractivity contribution >= 4 is 0 Å². The molecule has 4 heteroatoms. The Hall–Kier alpha value is -2.36. The average Bonchev–Trinajstić information content (AvgIpc) is 3.04. The second-order valence-electron chi connectivity index (χ2n) is 4.74. The van der Waals surface area contributed by atoms with Gasteiger partial charge in [-0.2, -0.15) is 10.2 Å². The first-order chi connectivity index (χ1) is 9.29. The normalized spacial score (nSPS) is 10.8. The fourth-order valence-corrected chi connectivity index (χ4v) is 2.07. The van der Waals surface area contributed by atoms with Gasteiger partial charge in [0.1, 0.15) is 0 Å². The third kappa shape index (κ3) is 2.91. The molecule has 2 aromatic heterocycles. The molecule has 0 saturated heterocycles. The van der Waals surface area contributed by atoms with Crippen molar-refractivity contribution in [2.75, 3.05) is 0 Å². The molecule has 0 aliphatic carbocycles. The fourth-order valence-electron chi connectivity index (χ4n) is 2.07. The summed E-state index contributed by atoms with van der Waals surface area (Å²) in [6.45, 7) is 3.68. The van der Waals surface area contributed by atoms with E-state index >= 15 is 0 Å². The molecule has 0 spiro atoms. The Morgan fingerprint density at radius 3 is 2.16 bits per heavy atom. The van der Waals surface area contributed by atoms with Crippen molar-refractivity contribution in [2.45, 2.75) is 20.0 Å². The Morgan fingerprint density at radius 1 is 0.947 bits per heavy atom. The lowest BCUT2D eigenvalue weighted by atomic mass is 10.1. The van der Waals surface area contributed by atoms with Crippen LogP contribution in [0.25, 0.3) is 0 Å². The molecule has 0 unspecified atom stereocenters. The number of hydrogen-bond donors (Lipinski definition) is 0. The summed E-state index contributed by atoms with van der Waals surface area (Å²) in [6, 6.07) is 10.5.